The summed E-state index contributed by atoms with van der Waals surface area (Å²) in [5.41, 5.74) is 0.903. The highest BCUT2D eigenvalue weighted by molar-refractivity contribution is 14.1. The minimum Gasteiger partial charge on any atom is -0.334 e. The van der Waals surface area contributed by atoms with Crippen LogP contribution in [-0.2, 0) is 4.79 Å². The summed E-state index contributed by atoms with van der Waals surface area (Å²) in [6.07, 6.45) is 5.92. The number of unbranched alkanes of at least 4 members (excludes halogenated alkanes) is 1. The van der Waals surface area contributed by atoms with Gasteiger partial charge in [0.15, 0.2) is 0 Å². The molecule has 0 fully saturated rings. The maximum absolute atomic E-state index is 11.8. The second-order valence-electron chi connectivity index (χ2n) is 4.15. The first kappa shape index (κ1) is 13.8. The van der Waals surface area contributed by atoms with E-state index in [1.807, 2.05) is 29.2 Å². The summed E-state index contributed by atoms with van der Waals surface area (Å²) in [4.78, 5) is 16.3. The molecule has 1 unspecified atom stereocenters. The molecule has 1 amide bonds. The molecule has 1 atom stereocenters. The Bertz CT molecular complexity index is 464. The van der Waals surface area contributed by atoms with Crippen molar-refractivity contribution in [1.82, 2.24) is 0 Å². The third-order valence-corrected chi connectivity index (χ3v) is 3.86. The molecule has 0 aliphatic carbocycles. The fourth-order valence-electron chi connectivity index (χ4n) is 1.96. The van der Waals surface area contributed by atoms with Gasteiger partial charge in [-0.1, -0.05) is 52.4 Å². The summed E-state index contributed by atoms with van der Waals surface area (Å²) in [6, 6.07) is 7.32. The lowest BCUT2D eigenvalue weighted by molar-refractivity contribution is -0.367. The molecule has 1 N–H and O–H groups in total. The highest BCUT2D eigenvalue weighted by Gasteiger charge is 2.29. The number of alkyl halides is 1. The van der Waals surface area contributed by atoms with Crippen LogP contribution in [0.15, 0.2) is 24.3 Å². The van der Waals surface area contributed by atoms with Gasteiger partial charge in [-0.05, 0) is 29.8 Å². The third kappa shape index (κ3) is 3.23. The summed E-state index contributed by atoms with van der Waals surface area (Å²) in [5.74, 6) is 0.0171. The van der Waals surface area contributed by atoms with Gasteiger partial charge >= 0.3 is 0 Å². The molecule has 18 heavy (non-hydrogen) atoms. The molecule has 2 rings (SSSR count). The fourth-order valence-corrected chi connectivity index (χ4v) is 2.68. The summed E-state index contributed by atoms with van der Waals surface area (Å²) in [5, 5.41) is 0.666. The smallest absolute Gasteiger partial charge is 0.249 e. The number of nitrogens with one attached hydrogen (secondary N) is 1. The first-order chi connectivity index (χ1) is 8.72. The molecule has 96 valence electrons. The van der Waals surface area contributed by atoms with Crippen molar-refractivity contribution in [2.75, 3.05) is 9.33 Å². The Morgan fingerprint density at radius 3 is 3.00 bits per heavy atom. The van der Waals surface area contributed by atoms with Crippen LogP contribution in [0.2, 0.25) is 5.02 Å². The van der Waals surface area contributed by atoms with Gasteiger partial charge in [-0.25, -0.2) is 0 Å². The Morgan fingerprint density at radius 1 is 1.44 bits per heavy atom. The Labute approximate surface area is 125 Å². The van der Waals surface area contributed by atoms with Gasteiger partial charge in [0.1, 0.15) is 6.04 Å². The van der Waals surface area contributed by atoms with Gasteiger partial charge in [0.2, 0.25) is 12.2 Å². The van der Waals surface area contributed by atoms with Crippen LogP contribution >= 0.6 is 34.2 Å². The number of anilines is 1. The predicted octanol–water partition coefficient (Wildman–Crippen LogP) is 1.65. The average molecular weight is 377 g/mol. The number of benzene rings is 1. The molecule has 1 heterocycles. The van der Waals surface area contributed by atoms with Crippen LogP contribution in [0.5, 0.6) is 0 Å². The molecular weight excluding hydrogens is 363 g/mol. The lowest BCUT2D eigenvalue weighted by Crippen LogP contribution is -2.72. The number of amides is 1. The quantitative estimate of drug-likeness (QED) is 0.367. The van der Waals surface area contributed by atoms with Gasteiger partial charge in [0.05, 0.1) is 0 Å². The number of carbonyl (C=O) groups is 1. The zero-order valence-electron chi connectivity index (χ0n) is 9.83. The largest absolute Gasteiger partial charge is 0.334 e. The Balaban J connectivity index is 2.11. The molecule has 1 aliphatic rings. The van der Waals surface area contributed by atoms with Crippen LogP contribution in [0.4, 0.5) is 5.69 Å². The highest BCUT2D eigenvalue weighted by atomic mass is 127. The SMILES string of the molecule is O=C1[NH+]=[C-]N(c2cccc(Cl)c2)C1CCCCI. The van der Waals surface area contributed by atoms with Crippen LogP contribution in [0.25, 0.3) is 0 Å². The number of nitrogens with zero attached hydrogens (tertiary/aromatic N) is 1. The Kier molecular flexibility index (Phi) is 5.00. The predicted molar refractivity (Wildman–Crippen MR) is 81.4 cm³/mol. The number of halogens is 2. The minimum absolute atomic E-state index is 0.0171. The van der Waals surface area contributed by atoms with E-state index in [9.17, 15) is 4.79 Å². The molecule has 0 spiro atoms. The van der Waals surface area contributed by atoms with E-state index in [-0.39, 0.29) is 11.9 Å². The maximum Gasteiger partial charge on any atom is 0.249 e. The first-order valence-electron chi connectivity index (χ1n) is 5.88. The number of rotatable bonds is 5. The van der Waals surface area contributed by atoms with E-state index in [1.165, 1.54) is 0 Å². The number of carbonyl (C=O) groups excluding carboxylic acids is 1. The standard InChI is InChI=1S/C13H14ClIN2O/c14-10-4-3-5-11(8-10)17-9-16-13(18)12(17)6-1-2-7-15/h3-5,8,12,16H,1-2,6-7H2. The van der Waals surface area contributed by atoms with E-state index in [0.717, 1.165) is 29.4 Å². The Morgan fingerprint density at radius 2 is 2.28 bits per heavy atom. The van der Waals surface area contributed by atoms with E-state index in [0.29, 0.717) is 5.02 Å². The van der Waals surface area contributed by atoms with E-state index in [1.54, 1.807) is 0 Å². The monoisotopic (exact) mass is 376 g/mol. The number of hydrogen-bond donors (Lipinski definition) is 1. The third-order valence-electron chi connectivity index (χ3n) is 2.86. The second-order valence-corrected chi connectivity index (χ2v) is 5.67. The number of hydrogen-bond acceptors (Lipinski definition) is 2. The summed E-state index contributed by atoms with van der Waals surface area (Å²) in [6.45, 7) is 0. The van der Waals surface area contributed by atoms with Gasteiger partial charge in [-0.2, -0.15) is 0 Å². The fraction of sp³-hybridized carbons (Fsp3) is 0.385. The molecule has 5 heteroatoms. The molecular formula is C13H14ClIN2O. The minimum atomic E-state index is -0.161. The Hall–Kier alpha value is -0.620. The molecule has 1 aliphatic heterocycles. The molecule has 1 aromatic rings. The molecule has 0 aromatic heterocycles. The van der Waals surface area contributed by atoms with Crippen LogP contribution in [0, 0.1) is 0 Å². The van der Waals surface area contributed by atoms with Gasteiger partial charge in [-0.3, -0.25) is 0 Å². The molecule has 0 radical (unpaired) electrons. The molecule has 1 aromatic carbocycles. The topological polar surface area (TPSA) is 34.3 Å². The molecule has 0 bridgehead atoms. The van der Waals surface area contributed by atoms with Crippen molar-refractivity contribution in [2.24, 2.45) is 0 Å². The van der Waals surface area contributed by atoms with E-state index in [4.69, 9.17) is 11.6 Å². The van der Waals surface area contributed by atoms with Crippen molar-refractivity contribution in [1.29, 1.82) is 0 Å². The zero-order valence-corrected chi connectivity index (χ0v) is 12.7. The zero-order chi connectivity index (χ0) is 13.0. The van der Waals surface area contributed by atoms with Gasteiger partial charge in [0, 0.05) is 10.7 Å². The van der Waals surface area contributed by atoms with Crippen molar-refractivity contribution in [2.45, 2.75) is 25.3 Å². The van der Waals surface area contributed by atoms with Crippen LogP contribution < -0.4 is 9.89 Å². The van der Waals surface area contributed by atoms with E-state index >= 15 is 0 Å². The van der Waals surface area contributed by atoms with Crippen molar-refractivity contribution in [3.63, 3.8) is 0 Å². The molecule has 0 saturated carbocycles. The van der Waals surface area contributed by atoms with Crippen molar-refractivity contribution in [3.05, 3.63) is 29.3 Å². The lowest BCUT2D eigenvalue weighted by Gasteiger charge is -2.22. The average Bonchev–Trinajstić information content (AvgIpc) is 2.72. The van der Waals surface area contributed by atoms with E-state index in [2.05, 4.69) is 33.9 Å². The van der Waals surface area contributed by atoms with Crippen molar-refractivity contribution in [3.8, 4) is 0 Å². The van der Waals surface area contributed by atoms with Crippen LogP contribution in [-0.4, -0.2) is 22.7 Å². The normalized spacial score (nSPS) is 18.7. The summed E-state index contributed by atoms with van der Waals surface area (Å²) < 4.78 is 1.12. The maximum atomic E-state index is 11.8. The van der Waals surface area contributed by atoms with Gasteiger partial charge in [-0.15, -0.1) is 0 Å². The molecule has 3 nitrogen and oxygen atoms in total. The molecule has 0 saturated heterocycles. The summed E-state index contributed by atoms with van der Waals surface area (Å²) >= 11 is 8.33. The van der Waals surface area contributed by atoms with Crippen molar-refractivity contribution >= 4 is 52.1 Å². The van der Waals surface area contributed by atoms with Crippen LogP contribution in [0.1, 0.15) is 19.3 Å². The second kappa shape index (κ2) is 6.52. The highest BCUT2D eigenvalue weighted by Crippen LogP contribution is 2.22. The van der Waals surface area contributed by atoms with Crippen LogP contribution in [0.3, 0.4) is 0 Å². The van der Waals surface area contributed by atoms with E-state index < -0.39 is 0 Å². The van der Waals surface area contributed by atoms with Crippen molar-refractivity contribution < 1.29 is 9.79 Å². The first-order valence-corrected chi connectivity index (χ1v) is 7.79. The van der Waals surface area contributed by atoms with Gasteiger partial charge < -0.3 is 14.7 Å². The lowest BCUT2D eigenvalue weighted by atomic mass is 10.1. The van der Waals surface area contributed by atoms with Gasteiger partial charge in [0.25, 0.3) is 0 Å². The summed E-state index contributed by atoms with van der Waals surface area (Å²) in [7, 11) is 0.